The molecule has 0 radical (unpaired) electrons. The van der Waals surface area contributed by atoms with E-state index in [0.717, 1.165) is 36.2 Å². The van der Waals surface area contributed by atoms with E-state index in [0.29, 0.717) is 6.54 Å². The van der Waals surface area contributed by atoms with Crippen LogP contribution in [0.5, 0.6) is 5.75 Å². The molecule has 0 amide bonds. The zero-order valence-electron chi connectivity index (χ0n) is 9.29. The van der Waals surface area contributed by atoms with E-state index in [-0.39, 0.29) is 6.61 Å². The van der Waals surface area contributed by atoms with Crippen LogP contribution in [-0.4, -0.2) is 31.4 Å². The van der Waals surface area contributed by atoms with Crippen LogP contribution in [0.1, 0.15) is 12.8 Å². The standard InChI is InChI=1S/C12H18BrNO2/c13-11-3-5-12(6-4-11)16-10-2-1-7-14-8-9-15/h3-6,14-15H,1-2,7-10H2. The molecule has 1 aromatic rings. The molecule has 0 saturated carbocycles. The lowest BCUT2D eigenvalue weighted by molar-refractivity contribution is 0.286. The van der Waals surface area contributed by atoms with Crippen LogP contribution in [0.3, 0.4) is 0 Å². The number of nitrogens with one attached hydrogen (secondary N) is 1. The number of halogens is 1. The molecule has 0 saturated heterocycles. The van der Waals surface area contributed by atoms with Gasteiger partial charge in [0.05, 0.1) is 13.2 Å². The minimum absolute atomic E-state index is 0.204. The average molecular weight is 288 g/mol. The van der Waals surface area contributed by atoms with Gasteiger partial charge in [-0.05, 0) is 43.7 Å². The average Bonchev–Trinajstić information content (AvgIpc) is 2.30. The van der Waals surface area contributed by atoms with Crippen molar-refractivity contribution in [1.82, 2.24) is 5.32 Å². The summed E-state index contributed by atoms with van der Waals surface area (Å²) >= 11 is 3.38. The highest BCUT2D eigenvalue weighted by Gasteiger charge is 1.93. The summed E-state index contributed by atoms with van der Waals surface area (Å²) in [7, 11) is 0. The van der Waals surface area contributed by atoms with Gasteiger partial charge in [0.25, 0.3) is 0 Å². The lowest BCUT2D eigenvalue weighted by Crippen LogP contribution is -2.19. The molecule has 0 aromatic heterocycles. The van der Waals surface area contributed by atoms with Crippen LogP contribution >= 0.6 is 15.9 Å². The summed E-state index contributed by atoms with van der Waals surface area (Å²) < 4.78 is 6.63. The molecule has 0 spiro atoms. The molecule has 0 unspecified atom stereocenters. The van der Waals surface area contributed by atoms with E-state index in [2.05, 4.69) is 21.2 Å². The number of aliphatic hydroxyl groups excluding tert-OH is 1. The fourth-order valence-corrected chi connectivity index (χ4v) is 1.54. The summed E-state index contributed by atoms with van der Waals surface area (Å²) in [5.41, 5.74) is 0. The molecule has 0 aliphatic carbocycles. The first-order valence-electron chi connectivity index (χ1n) is 5.53. The third kappa shape index (κ3) is 6.10. The van der Waals surface area contributed by atoms with E-state index < -0.39 is 0 Å². The number of aliphatic hydroxyl groups is 1. The Morgan fingerprint density at radius 2 is 1.88 bits per heavy atom. The molecule has 0 bridgehead atoms. The second kappa shape index (κ2) is 8.56. The predicted octanol–water partition coefficient (Wildman–Crippen LogP) is 2.19. The maximum Gasteiger partial charge on any atom is 0.119 e. The van der Waals surface area contributed by atoms with Gasteiger partial charge in [0.2, 0.25) is 0 Å². The van der Waals surface area contributed by atoms with Crippen LogP contribution in [0, 0.1) is 0 Å². The van der Waals surface area contributed by atoms with Gasteiger partial charge in [-0.3, -0.25) is 0 Å². The molecule has 3 nitrogen and oxygen atoms in total. The molecule has 0 atom stereocenters. The summed E-state index contributed by atoms with van der Waals surface area (Å²) in [5, 5.41) is 11.7. The molecule has 4 heteroatoms. The topological polar surface area (TPSA) is 41.5 Å². The van der Waals surface area contributed by atoms with Crippen molar-refractivity contribution in [1.29, 1.82) is 0 Å². The summed E-state index contributed by atoms with van der Waals surface area (Å²) in [6.45, 7) is 2.55. The lowest BCUT2D eigenvalue weighted by atomic mass is 10.3. The van der Waals surface area contributed by atoms with Crippen LogP contribution in [-0.2, 0) is 0 Å². The van der Waals surface area contributed by atoms with Crippen LogP contribution in [0.2, 0.25) is 0 Å². The van der Waals surface area contributed by atoms with Crippen molar-refractivity contribution in [3.05, 3.63) is 28.7 Å². The summed E-state index contributed by atoms with van der Waals surface area (Å²) in [6.07, 6.45) is 2.09. The Kier molecular flexibility index (Phi) is 7.21. The quantitative estimate of drug-likeness (QED) is 0.721. The number of rotatable bonds is 8. The SMILES string of the molecule is OCCNCCCCOc1ccc(Br)cc1. The van der Waals surface area contributed by atoms with E-state index in [1.54, 1.807) is 0 Å². The van der Waals surface area contributed by atoms with Gasteiger partial charge >= 0.3 is 0 Å². The maximum absolute atomic E-state index is 8.55. The number of benzene rings is 1. The Labute approximate surface area is 105 Å². The highest BCUT2D eigenvalue weighted by Crippen LogP contribution is 2.16. The molecule has 90 valence electrons. The first-order chi connectivity index (χ1) is 7.83. The molecule has 2 N–H and O–H groups in total. The Balaban J connectivity index is 2.01. The van der Waals surface area contributed by atoms with Gasteiger partial charge in [0.1, 0.15) is 5.75 Å². The normalized spacial score (nSPS) is 10.4. The van der Waals surface area contributed by atoms with E-state index in [1.807, 2.05) is 24.3 Å². The highest BCUT2D eigenvalue weighted by molar-refractivity contribution is 9.10. The van der Waals surface area contributed by atoms with E-state index in [9.17, 15) is 0 Å². The first-order valence-corrected chi connectivity index (χ1v) is 6.32. The number of hydrogen-bond acceptors (Lipinski definition) is 3. The summed E-state index contributed by atoms with van der Waals surface area (Å²) in [5.74, 6) is 0.909. The summed E-state index contributed by atoms with van der Waals surface area (Å²) in [4.78, 5) is 0. The molecule has 0 aliphatic rings. The van der Waals surface area contributed by atoms with Gasteiger partial charge in [-0.25, -0.2) is 0 Å². The fourth-order valence-electron chi connectivity index (χ4n) is 1.28. The zero-order valence-corrected chi connectivity index (χ0v) is 10.9. The highest BCUT2D eigenvalue weighted by atomic mass is 79.9. The van der Waals surface area contributed by atoms with E-state index >= 15 is 0 Å². The minimum atomic E-state index is 0.204. The molecular formula is C12H18BrNO2. The monoisotopic (exact) mass is 287 g/mol. The Hall–Kier alpha value is -0.580. The number of ether oxygens (including phenoxy) is 1. The van der Waals surface area contributed by atoms with Crippen LogP contribution in [0.25, 0.3) is 0 Å². The van der Waals surface area contributed by atoms with E-state index in [1.165, 1.54) is 0 Å². The third-order valence-electron chi connectivity index (χ3n) is 2.12. The zero-order chi connectivity index (χ0) is 11.6. The molecule has 0 heterocycles. The predicted molar refractivity (Wildman–Crippen MR) is 68.8 cm³/mol. The minimum Gasteiger partial charge on any atom is -0.494 e. The van der Waals surface area contributed by atoms with Gasteiger partial charge in [0.15, 0.2) is 0 Å². The van der Waals surface area contributed by atoms with Gasteiger partial charge in [-0.2, -0.15) is 0 Å². The van der Waals surface area contributed by atoms with Crippen molar-refractivity contribution >= 4 is 15.9 Å². The van der Waals surface area contributed by atoms with Crippen molar-refractivity contribution in [2.45, 2.75) is 12.8 Å². The Morgan fingerprint density at radius 3 is 2.56 bits per heavy atom. The maximum atomic E-state index is 8.55. The second-order valence-corrected chi connectivity index (χ2v) is 4.40. The second-order valence-electron chi connectivity index (χ2n) is 3.48. The molecule has 0 fully saturated rings. The smallest absolute Gasteiger partial charge is 0.119 e. The van der Waals surface area contributed by atoms with Gasteiger partial charge in [-0.1, -0.05) is 15.9 Å². The molecule has 0 aliphatic heterocycles. The summed E-state index contributed by atoms with van der Waals surface area (Å²) in [6, 6.07) is 7.85. The Morgan fingerprint density at radius 1 is 1.12 bits per heavy atom. The van der Waals surface area contributed by atoms with Gasteiger partial charge in [0, 0.05) is 11.0 Å². The third-order valence-corrected chi connectivity index (χ3v) is 2.65. The number of hydrogen-bond donors (Lipinski definition) is 2. The Bertz CT molecular complexity index is 277. The van der Waals surface area contributed by atoms with Gasteiger partial charge < -0.3 is 15.2 Å². The van der Waals surface area contributed by atoms with Crippen LogP contribution in [0.15, 0.2) is 28.7 Å². The van der Waals surface area contributed by atoms with Crippen molar-refractivity contribution < 1.29 is 9.84 Å². The van der Waals surface area contributed by atoms with E-state index in [4.69, 9.17) is 9.84 Å². The van der Waals surface area contributed by atoms with Crippen molar-refractivity contribution in [2.24, 2.45) is 0 Å². The molecule has 16 heavy (non-hydrogen) atoms. The van der Waals surface area contributed by atoms with Crippen molar-refractivity contribution in [3.8, 4) is 5.75 Å². The largest absolute Gasteiger partial charge is 0.494 e. The molecule has 1 aromatic carbocycles. The first kappa shape index (κ1) is 13.5. The van der Waals surface area contributed by atoms with Crippen LogP contribution < -0.4 is 10.1 Å². The van der Waals surface area contributed by atoms with Crippen molar-refractivity contribution in [3.63, 3.8) is 0 Å². The van der Waals surface area contributed by atoms with Crippen molar-refractivity contribution in [2.75, 3.05) is 26.3 Å². The molecule has 1 rings (SSSR count). The lowest BCUT2D eigenvalue weighted by Gasteiger charge is -2.06. The van der Waals surface area contributed by atoms with Gasteiger partial charge in [-0.15, -0.1) is 0 Å². The molecular weight excluding hydrogens is 270 g/mol. The number of unbranched alkanes of at least 4 members (excludes halogenated alkanes) is 1. The van der Waals surface area contributed by atoms with Crippen LogP contribution in [0.4, 0.5) is 0 Å². The fraction of sp³-hybridized carbons (Fsp3) is 0.500.